The smallest absolute Gasteiger partial charge is 0.330 e. The van der Waals surface area contributed by atoms with E-state index in [0.29, 0.717) is 5.56 Å². The van der Waals surface area contributed by atoms with E-state index in [2.05, 4.69) is 11.4 Å². The Morgan fingerprint density at radius 2 is 1.85 bits per heavy atom. The first-order chi connectivity index (χ1) is 12.5. The summed E-state index contributed by atoms with van der Waals surface area (Å²) in [7, 11) is 1.29. The van der Waals surface area contributed by atoms with Crippen molar-refractivity contribution >= 4 is 5.97 Å². The molecule has 0 heterocycles. The third-order valence-electron chi connectivity index (χ3n) is 4.16. The average Bonchev–Trinajstić information content (AvgIpc) is 2.67. The Balaban J connectivity index is 2.23. The van der Waals surface area contributed by atoms with Gasteiger partial charge in [0.2, 0.25) is 0 Å². The number of nitrogens with zero attached hydrogens (tertiary/aromatic N) is 3. The fraction of sp³-hybridized carbons (Fsp3) is 0.300. The Bertz CT molecular complexity index is 810. The number of carbonyl (C=O) groups is 1. The van der Waals surface area contributed by atoms with E-state index in [9.17, 15) is 15.0 Å². The van der Waals surface area contributed by atoms with Gasteiger partial charge in [0, 0.05) is 0 Å². The molecular formula is C20H21N3O3. The first-order valence-electron chi connectivity index (χ1n) is 8.28. The minimum absolute atomic E-state index is 0.123. The average molecular weight is 357 g/mol. The Hall–Kier alpha value is -3.20. The first-order valence-corrected chi connectivity index (χ1v) is 8.28. The molecule has 2 rings (SSSR count). The standard InChI is InChI=1S/C20H21N3O3/c1-14(2)19(20(24)26-3)23(22-25)13-15-8-10-16(11-9-15)18-7-5-4-6-17(18)12-21/h4-11,14,19H,13H2,1-3H3/t19-/m0/s1/i1+1,2+1,14+1,19+1,20+1,23+1. The zero-order chi connectivity index (χ0) is 19.1. The van der Waals surface area contributed by atoms with Gasteiger partial charge in [-0.15, -0.1) is 4.91 Å². The molecule has 1 atom stereocenters. The topological polar surface area (TPSA) is 82.8 Å². The monoisotopic (exact) mass is 357 g/mol. The maximum Gasteiger partial charge on any atom is 0.330 e. The summed E-state index contributed by atoms with van der Waals surface area (Å²) in [5.74, 6) is -0.610. The molecule has 0 aliphatic rings. The molecule has 0 spiro atoms. The number of esters is 1. The lowest BCUT2D eigenvalue weighted by Gasteiger charge is -2.27. The van der Waals surface area contributed by atoms with Gasteiger partial charge in [0.05, 0.1) is 30.6 Å². The van der Waals surface area contributed by atoms with Crippen LogP contribution in [0.15, 0.2) is 53.8 Å². The third-order valence-corrected chi connectivity index (χ3v) is 4.16. The van der Waals surface area contributed by atoms with Crippen molar-refractivity contribution in [3.05, 3.63) is 64.6 Å². The van der Waals surface area contributed by atoms with E-state index < -0.39 is 12.0 Å². The molecule has 26 heavy (non-hydrogen) atoms. The van der Waals surface area contributed by atoms with Gasteiger partial charge in [-0.3, -0.25) is 0 Å². The molecule has 6 nitrogen and oxygen atoms in total. The lowest BCUT2D eigenvalue weighted by molar-refractivity contribution is -0.149. The highest BCUT2D eigenvalue weighted by molar-refractivity contribution is 5.76. The van der Waals surface area contributed by atoms with Crippen molar-refractivity contribution in [1.29, 1.82) is 5.26 Å². The SMILES string of the molecule is CO[13C](=O)[13C@H]([13CH]([13CH3])[13CH3])[15N](Cc1ccc(-c2ccccc2C#N)cc1)N=O. The van der Waals surface area contributed by atoms with Crippen molar-refractivity contribution in [2.24, 2.45) is 11.2 Å². The molecule has 2 aromatic rings. The molecular weight excluding hydrogens is 336 g/mol. The van der Waals surface area contributed by atoms with Crippen LogP contribution < -0.4 is 0 Å². The molecule has 0 bridgehead atoms. The molecule has 6 heteroatoms. The molecule has 134 valence electrons. The minimum atomic E-state index is -0.739. The van der Waals surface area contributed by atoms with Gasteiger partial charge >= 0.3 is 5.97 Å². The molecule has 0 amide bonds. The second kappa shape index (κ2) is 8.77. The Morgan fingerprint density at radius 3 is 2.38 bits per heavy atom. The molecule has 0 saturated heterocycles. The van der Waals surface area contributed by atoms with Gasteiger partial charge in [0.15, 0.2) is 6.04 Å². The van der Waals surface area contributed by atoms with Crippen LogP contribution in [0.5, 0.6) is 0 Å². The summed E-state index contributed by atoms with van der Waals surface area (Å²) < 4.78 is 4.79. The summed E-state index contributed by atoms with van der Waals surface area (Å²) in [6, 6.07) is 16.3. The number of benzene rings is 2. The molecule has 0 unspecified atom stereocenters. The highest BCUT2D eigenvalue weighted by Gasteiger charge is 2.30. The van der Waals surface area contributed by atoms with Crippen molar-refractivity contribution in [1.82, 2.24) is 5.01 Å². The molecule has 0 fully saturated rings. The van der Waals surface area contributed by atoms with Crippen molar-refractivity contribution in [2.75, 3.05) is 7.11 Å². The molecule has 0 aromatic heterocycles. The fourth-order valence-electron chi connectivity index (χ4n) is 2.85. The van der Waals surface area contributed by atoms with Gasteiger partial charge in [0.1, 0.15) is 0 Å². The van der Waals surface area contributed by atoms with Crippen LogP contribution in [0, 0.1) is 22.2 Å². The van der Waals surface area contributed by atoms with Crippen LogP contribution in [-0.4, -0.2) is 24.1 Å². The zero-order valence-electron chi connectivity index (χ0n) is 15.0. The molecule has 2 aromatic carbocycles. The summed E-state index contributed by atoms with van der Waals surface area (Å²) in [5.41, 5.74) is 3.19. The van der Waals surface area contributed by atoms with Crippen LogP contribution in [0.3, 0.4) is 0 Å². The number of hydrogen-bond acceptors (Lipinski definition) is 5. The van der Waals surface area contributed by atoms with Gasteiger partial charge in [-0.2, -0.15) is 5.26 Å². The van der Waals surface area contributed by atoms with Crippen molar-refractivity contribution in [3.63, 3.8) is 0 Å². The number of ether oxygens (including phenoxy) is 1. The van der Waals surface area contributed by atoms with Gasteiger partial charge < -0.3 is 4.74 Å². The van der Waals surface area contributed by atoms with E-state index in [1.54, 1.807) is 6.07 Å². The van der Waals surface area contributed by atoms with Gasteiger partial charge in [-0.1, -0.05) is 56.3 Å². The summed E-state index contributed by atoms with van der Waals surface area (Å²) in [5, 5.41) is 13.5. The number of hydrogen-bond donors (Lipinski definition) is 0. The minimum Gasteiger partial charge on any atom is -0.467 e. The predicted octanol–water partition coefficient (Wildman–Crippen LogP) is 3.91. The third kappa shape index (κ3) is 4.25. The second-order valence-electron chi connectivity index (χ2n) is 6.25. The van der Waals surface area contributed by atoms with Crippen molar-refractivity contribution in [3.8, 4) is 17.2 Å². The maximum absolute atomic E-state index is 12.0. The number of carbonyl (C=O) groups excluding carboxylic acids is 1. The maximum atomic E-state index is 12.0. The number of rotatable bonds is 7. The number of nitroso groups, excluding NO2 is 1. The van der Waals surface area contributed by atoms with E-state index in [1.807, 2.05) is 56.3 Å². The van der Waals surface area contributed by atoms with Crippen LogP contribution in [0.25, 0.3) is 11.1 Å². The van der Waals surface area contributed by atoms with Crippen molar-refractivity contribution < 1.29 is 9.53 Å². The van der Waals surface area contributed by atoms with E-state index in [0.717, 1.165) is 16.7 Å². The number of methoxy groups -OCH3 is 1. The van der Waals surface area contributed by atoms with Crippen LogP contribution in [0.1, 0.15) is 25.0 Å². The lowest BCUT2D eigenvalue weighted by Crippen LogP contribution is -2.41. The van der Waals surface area contributed by atoms with E-state index in [-0.39, 0.29) is 12.5 Å². The summed E-state index contributed by atoms with van der Waals surface area (Å²) >= 11 is 0. The Kier molecular flexibility index (Phi) is 6.45. The molecule has 0 N–H and O–H groups in total. The highest BCUT2D eigenvalue weighted by atomic mass is 16.6. The molecule has 0 radical (unpaired) electrons. The van der Waals surface area contributed by atoms with Gasteiger partial charge in [-0.25, -0.2) is 9.80 Å². The largest absolute Gasteiger partial charge is 0.467 e. The van der Waals surface area contributed by atoms with E-state index >= 15 is 0 Å². The van der Waals surface area contributed by atoms with Crippen LogP contribution in [0.4, 0.5) is 0 Å². The zero-order valence-corrected chi connectivity index (χ0v) is 15.0. The summed E-state index contributed by atoms with van der Waals surface area (Å²) in [6.07, 6.45) is 0. The van der Waals surface area contributed by atoms with Gasteiger partial charge in [0.25, 0.3) is 0 Å². The summed E-state index contributed by atoms with van der Waals surface area (Å²) in [4.78, 5) is 23.2. The normalized spacial score (nSPS) is 11.5. The Morgan fingerprint density at radius 1 is 1.19 bits per heavy atom. The van der Waals surface area contributed by atoms with Crippen LogP contribution in [-0.2, 0) is 16.1 Å². The van der Waals surface area contributed by atoms with Crippen molar-refractivity contribution in [2.45, 2.75) is 26.4 Å². The quantitative estimate of drug-likeness (QED) is 0.247. The van der Waals surface area contributed by atoms with E-state index in [4.69, 9.17) is 4.74 Å². The van der Waals surface area contributed by atoms with Gasteiger partial charge in [-0.05, 0) is 28.7 Å². The molecule has 0 aliphatic carbocycles. The fourth-order valence-corrected chi connectivity index (χ4v) is 2.85. The van der Waals surface area contributed by atoms with Crippen LogP contribution in [0.2, 0.25) is 0 Å². The predicted molar refractivity (Wildman–Crippen MR) is 98.6 cm³/mol. The van der Waals surface area contributed by atoms with Crippen LogP contribution >= 0.6 is 0 Å². The Labute approximate surface area is 153 Å². The molecule has 0 aliphatic heterocycles. The molecule has 0 saturated carbocycles. The lowest BCUT2D eigenvalue weighted by atomic mass is 9.99. The van der Waals surface area contributed by atoms with E-state index in [1.165, 1.54) is 12.1 Å². The highest BCUT2D eigenvalue weighted by Crippen LogP contribution is 2.24. The summed E-state index contributed by atoms with van der Waals surface area (Å²) in [6.45, 7) is 3.87. The number of nitriles is 1. The first kappa shape index (κ1) is 19.1. The second-order valence-corrected chi connectivity index (χ2v) is 6.25.